The van der Waals surface area contributed by atoms with Gasteiger partial charge < -0.3 is 0 Å². The molecule has 0 aliphatic rings. The summed E-state index contributed by atoms with van der Waals surface area (Å²) >= 11 is 0.787. The van der Waals surface area contributed by atoms with Gasteiger partial charge in [-0.3, -0.25) is 0 Å². The number of rotatable bonds is 1. The van der Waals surface area contributed by atoms with Crippen molar-refractivity contribution in [2.24, 2.45) is 0 Å². The molecule has 0 fully saturated rings. The molecule has 38 valence electrons. The van der Waals surface area contributed by atoms with Gasteiger partial charge in [-0.15, -0.1) is 0 Å². The van der Waals surface area contributed by atoms with E-state index in [9.17, 15) is 0 Å². The van der Waals surface area contributed by atoms with Crippen molar-refractivity contribution in [2.75, 3.05) is 3.13 Å². The van der Waals surface area contributed by atoms with Crippen LogP contribution >= 0.6 is 0 Å². The molecule has 1 N–H and O–H groups in total. The monoisotopic (exact) mass is 298 g/mol. The van der Waals surface area contributed by atoms with Gasteiger partial charge in [0.2, 0.25) is 0 Å². The molecule has 0 aliphatic carbocycles. The predicted octanol–water partition coefficient (Wildman–Crippen LogP) is 0.577. The molecule has 1 aromatic heterocycles. The molecule has 0 unspecified atom stereocenters. The van der Waals surface area contributed by atoms with E-state index in [0.717, 1.165) is 31.9 Å². The van der Waals surface area contributed by atoms with Gasteiger partial charge in [-0.25, -0.2) is 0 Å². The molecule has 1 rings (SSSR count). The van der Waals surface area contributed by atoms with Gasteiger partial charge in [0.15, 0.2) is 0 Å². The molecule has 0 bridgehead atoms. The second-order valence-electron chi connectivity index (χ2n) is 1.36. The first kappa shape index (κ1) is 6.00. The van der Waals surface area contributed by atoms with Crippen LogP contribution in [-0.2, 0) is 0 Å². The Morgan fingerprint density at radius 3 is 2.75 bits per heavy atom. The molecule has 0 aliphatic heterocycles. The van der Waals surface area contributed by atoms with Crippen LogP contribution in [0, 0.1) is 0 Å². The zero-order valence-electron chi connectivity index (χ0n) is 4.33. The second kappa shape index (κ2) is 3.01. The summed E-state index contributed by atoms with van der Waals surface area (Å²) < 4.78 is 3.08. The van der Waals surface area contributed by atoms with Crippen LogP contribution in [0.3, 0.4) is 0 Å². The normalized spacial score (nSPS) is 8.38. The summed E-state index contributed by atoms with van der Waals surface area (Å²) in [4.78, 5) is 4.03. The van der Waals surface area contributed by atoms with E-state index in [1.165, 1.54) is 0 Å². The van der Waals surface area contributed by atoms with E-state index in [2.05, 4.69) is 8.11 Å². The van der Waals surface area contributed by atoms with E-state index in [0.29, 0.717) is 0 Å². The molecule has 2 nitrogen and oxygen atoms in total. The van der Waals surface area contributed by atoms with Gasteiger partial charge in [0.05, 0.1) is 0 Å². The Morgan fingerprint density at radius 1 is 1.50 bits per heavy atom. The summed E-state index contributed by atoms with van der Waals surface area (Å²) in [5, 5.41) is 0. The van der Waals surface area contributed by atoms with Gasteiger partial charge in [-0.05, 0) is 0 Å². The summed E-state index contributed by atoms with van der Waals surface area (Å²) in [6, 6.07) is 5.84. The van der Waals surface area contributed by atoms with E-state index in [4.69, 9.17) is 0 Å². The number of nitrogens with one attached hydrogen (secondary N) is 1. The van der Waals surface area contributed by atoms with Crippen molar-refractivity contribution in [2.45, 2.75) is 0 Å². The molecule has 0 atom stereocenters. The van der Waals surface area contributed by atoms with Crippen LogP contribution in [0.1, 0.15) is 0 Å². The van der Waals surface area contributed by atoms with Gasteiger partial charge in [0.25, 0.3) is 0 Å². The Kier molecular flexibility index (Phi) is 2.26. The first-order valence-electron chi connectivity index (χ1n) is 2.31. The van der Waals surface area contributed by atoms with Crippen LogP contribution in [0.25, 0.3) is 0 Å². The minimum atomic E-state index is 0.787. The van der Waals surface area contributed by atoms with Crippen LogP contribution in [0.4, 0.5) is 5.82 Å². The maximum atomic E-state index is 4.03. The number of pyridine rings is 1. The van der Waals surface area contributed by atoms with Crippen molar-refractivity contribution in [3.63, 3.8) is 0 Å². The molecule has 0 amide bonds. The van der Waals surface area contributed by atoms with Crippen molar-refractivity contribution in [1.82, 2.24) is 4.98 Å². The Labute approximate surface area is 64.4 Å². The van der Waals surface area contributed by atoms with Crippen LogP contribution in [0.15, 0.2) is 24.4 Å². The van der Waals surface area contributed by atoms with Crippen LogP contribution in [0.2, 0.25) is 0 Å². The predicted molar refractivity (Wildman–Crippen MR) is 33.6 cm³/mol. The summed E-state index contributed by atoms with van der Waals surface area (Å²) in [5.41, 5.74) is 0. The Hall–Kier alpha value is -0.128. The van der Waals surface area contributed by atoms with E-state index < -0.39 is 0 Å². The number of hydrogen-bond donors (Lipinski definition) is 1. The summed E-state index contributed by atoms with van der Waals surface area (Å²) in [6.07, 6.45) is 1.78. The van der Waals surface area contributed by atoms with E-state index in [1.807, 2.05) is 18.2 Å². The minimum absolute atomic E-state index is 0.787. The van der Waals surface area contributed by atoms with Crippen LogP contribution < -0.4 is 3.13 Å². The number of nitrogens with zero attached hydrogens (tertiary/aromatic N) is 1. The van der Waals surface area contributed by atoms with Gasteiger partial charge >= 0.3 is 64.4 Å². The Morgan fingerprint density at radius 2 is 2.38 bits per heavy atom. The van der Waals surface area contributed by atoms with Crippen LogP contribution in [0.5, 0.6) is 0 Å². The van der Waals surface area contributed by atoms with Crippen molar-refractivity contribution < 1.29 is 0 Å². The van der Waals surface area contributed by atoms with Gasteiger partial charge in [-0.2, -0.15) is 0 Å². The van der Waals surface area contributed by atoms with Crippen molar-refractivity contribution in [3.8, 4) is 0 Å². The fourth-order valence-electron chi connectivity index (χ4n) is 0.448. The molecule has 1 aromatic rings. The molecule has 0 radical (unpaired) electrons. The molecule has 0 saturated carbocycles. The number of aromatic nitrogens is 1. The third-order valence-electron chi connectivity index (χ3n) is 0.813. The van der Waals surface area contributed by atoms with Gasteiger partial charge in [-0.1, -0.05) is 0 Å². The summed E-state index contributed by atoms with van der Waals surface area (Å²) in [5.74, 6) is 0.984. The molecular weight excluding hydrogens is 292 g/mol. The average Bonchev–Trinajstić information content (AvgIpc) is 1.90. The molecule has 1 heterocycles. The third kappa shape index (κ3) is 1.43. The van der Waals surface area contributed by atoms with E-state index in [1.54, 1.807) is 6.20 Å². The standard InChI is InChI=1S/C5H5N2.Tl/c6-5-3-1-2-4-7-5;/h1-4H,(H-,6,7);/q-1;+1. The SMILES string of the molecule is [Tl][NH]c1ccccn1. The zero-order valence-corrected chi connectivity index (χ0v) is 8.82. The molecule has 0 saturated heterocycles. The molecular formula is C5H5N2Tl. The van der Waals surface area contributed by atoms with E-state index >= 15 is 0 Å². The Balaban J connectivity index is 2.83. The number of hydrogen-bond acceptors (Lipinski definition) is 2. The fourth-order valence-corrected chi connectivity index (χ4v) is 1.11. The van der Waals surface area contributed by atoms with Crippen molar-refractivity contribution in [1.29, 1.82) is 0 Å². The first-order chi connectivity index (χ1) is 3.93. The number of anilines is 1. The second-order valence-corrected chi connectivity index (χ2v) is 2.48. The molecule has 8 heavy (non-hydrogen) atoms. The molecule has 0 aromatic carbocycles. The first-order valence-corrected chi connectivity index (χ1v) is 4.55. The van der Waals surface area contributed by atoms with Crippen LogP contribution in [-0.4, -0.2) is 31.0 Å². The maximum absolute atomic E-state index is 4.03. The van der Waals surface area contributed by atoms with Crippen molar-refractivity contribution in [3.05, 3.63) is 24.4 Å². The average molecular weight is 297 g/mol. The fraction of sp³-hybridized carbons (Fsp3) is 0. The Bertz CT molecular complexity index is 152. The van der Waals surface area contributed by atoms with Gasteiger partial charge in [0, 0.05) is 0 Å². The zero-order chi connectivity index (χ0) is 5.82. The summed E-state index contributed by atoms with van der Waals surface area (Å²) in [6.45, 7) is 0. The molecule has 0 spiro atoms. The summed E-state index contributed by atoms with van der Waals surface area (Å²) in [7, 11) is 0. The van der Waals surface area contributed by atoms with E-state index in [-0.39, 0.29) is 0 Å². The van der Waals surface area contributed by atoms with Gasteiger partial charge in [0.1, 0.15) is 0 Å². The van der Waals surface area contributed by atoms with Crippen molar-refractivity contribution >= 4 is 31.9 Å². The third-order valence-corrected chi connectivity index (χ3v) is 1.96. The topological polar surface area (TPSA) is 24.9 Å². The molecule has 3 heteroatoms. The quantitative estimate of drug-likeness (QED) is 0.767.